The molecule has 0 unspecified atom stereocenters. The number of hydrogen-bond acceptors (Lipinski definition) is 4. The molecule has 0 aromatic heterocycles. The molecule has 0 bridgehead atoms. The van der Waals surface area contributed by atoms with Crippen molar-refractivity contribution in [3.05, 3.63) is 70.8 Å². The largest absolute Gasteiger partial charge is 0.348 e. The minimum absolute atomic E-state index is 0.236. The van der Waals surface area contributed by atoms with Crippen molar-refractivity contribution in [1.82, 2.24) is 0 Å². The maximum absolute atomic E-state index is 6.20. The molecule has 240 valence electrons. The Bertz CT molecular complexity index is 884. The van der Waals surface area contributed by atoms with Crippen LogP contribution in [0.1, 0.15) is 151 Å². The number of unbranched alkanes of at least 4 members (excludes halogenated alkanes) is 14. The predicted molar refractivity (Wildman–Crippen MR) is 177 cm³/mol. The smallest absolute Gasteiger partial charge is 0.183 e. The standard InChI is InChI=1S/C39H60O4/c1-3-5-7-9-11-13-15-17-19-33-21-25-35(26-22-33)37-40-29-39(30-41-37)31-42-38(43-32-39)36-27-23-34(24-28-36)20-18-16-14-12-10-8-6-4-2/h21-28,37-38H,3-20,29-32H2,1-2H3. The lowest BCUT2D eigenvalue weighted by atomic mass is 9.90. The second-order valence-corrected chi connectivity index (χ2v) is 13.3. The van der Waals surface area contributed by atoms with Gasteiger partial charge in [-0.1, -0.05) is 152 Å². The summed E-state index contributed by atoms with van der Waals surface area (Å²) in [5.41, 5.74) is 4.76. The van der Waals surface area contributed by atoms with Crippen LogP contribution in [0.5, 0.6) is 0 Å². The number of ether oxygens (including phenoxy) is 4. The van der Waals surface area contributed by atoms with Crippen LogP contribution < -0.4 is 0 Å². The highest BCUT2D eigenvalue weighted by molar-refractivity contribution is 5.25. The van der Waals surface area contributed by atoms with Crippen molar-refractivity contribution in [2.75, 3.05) is 26.4 Å². The zero-order valence-electron chi connectivity index (χ0n) is 27.5. The zero-order valence-corrected chi connectivity index (χ0v) is 27.5. The van der Waals surface area contributed by atoms with Gasteiger partial charge in [-0.15, -0.1) is 0 Å². The first-order valence-corrected chi connectivity index (χ1v) is 17.9. The van der Waals surface area contributed by atoms with E-state index in [0.29, 0.717) is 26.4 Å². The normalized spacial score (nSPS) is 22.3. The van der Waals surface area contributed by atoms with Gasteiger partial charge in [-0.05, 0) is 36.8 Å². The predicted octanol–water partition coefficient (Wildman–Crippen LogP) is 10.8. The van der Waals surface area contributed by atoms with Gasteiger partial charge in [0.15, 0.2) is 12.6 Å². The van der Waals surface area contributed by atoms with E-state index in [4.69, 9.17) is 18.9 Å². The first-order valence-electron chi connectivity index (χ1n) is 17.9. The summed E-state index contributed by atoms with van der Waals surface area (Å²) in [4.78, 5) is 0. The first kappa shape index (κ1) is 34.2. The molecule has 2 aromatic rings. The molecule has 0 amide bonds. The van der Waals surface area contributed by atoms with E-state index in [0.717, 1.165) is 24.0 Å². The monoisotopic (exact) mass is 592 g/mol. The molecule has 0 aliphatic carbocycles. The van der Waals surface area contributed by atoms with Crippen LogP contribution in [0.2, 0.25) is 0 Å². The zero-order chi connectivity index (χ0) is 30.0. The fourth-order valence-corrected chi connectivity index (χ4v) is 6.35. The highest BCUT2D eigenvalue weighted by atomic mass is 16.7. The van der Waals surface area contributed by atoms with Gasteiger partial charge in [0, 0.05) is 11.1 Å². The molecule has 4 nitrogen and oxygen atoms in total. The Morgan fingerprint density at radius 2 is 0.744 bits per heavy atom. The van der Waals surface area contributed by atoms with Crippen LogP contribution in [-0.4, -0.2) is 26.4 Å². The van der Waals surface area contributed by atoms with E-state index in [-0.39, 0.29) is 18.0 Å². The maximum Gasteiger partial charge on any atom is 0.183 e. The lowest BCUT2D eigenvalue weighted by Gasteiger charge is -2.43. The van der Waals surface area contributed by atoms with Gasteiger partial charge in [-0.3, -0.25) is 0 Å². The van der Waals surface area contributed by atoms with Crippen molar-refractivity contribution in [3.63, 3.8) is 0 Å². The van der Waals surface area contributed by atoms with Crippen LogP contribution in [0.25, 0.3) is 0 Å². The van der Waals surface area contributed by atoms with Gasteiger partial charge in [0.1, 0.15) is 0 Å². The Morgan fingerprint density at radius 3 is 1.07 bits per heavy atom. The van der Waals surface area contributed by atoms with E-state index in [9.17, 15) is 0 Å². The summed E-state index contributed by atoms with van der Waals surface area (Å²) in [6.45, 7) is 6.90. The van der Waals surface area contributed by atoms with E-state index in [2.05, 4.69) is 62.4 Å². The molecule has 2 saturated heterocycles. The average molecular weight is 593 g/mol. The summed E-state index contributed by atoms with van der Waals surface area (Å²) in [5, 5.41) is 0. The van der Waals surface area contributed by atoms with Crippen molar-refractivity contribution in [2.45, 2.75) is 142 Å². The average Bonchev–Trinajstić information content (AvgIpc) is 3.05. The van der Waals surface area contributed by atoms with E-state index >= 15 is 0 Å². The van der Waals surface area contributed by atoms with Gasteiger partial charge in [0.2, 0.25) is 0 Å². The van der Waals surface area contributed by atoms with Crippen molar-refractivity contribution in [1.29, 1.82) is 0 Å². The highest BCUT2D eigenvalue weighted by Crippen LogP contribution is 2.38. The van der Waals surface area contributed by atoms with Crippen molar-refractivity contribution < 1.29 is 18.9 Å². The van der Waals surface area contributed by atoms with Gasteiger partial charge in [0.25, 0.3) is 0 Å². The van der Waals surface area contributed by atoms with Gasteiger partial charge < -0.3 is 18.9 Å². The molecule has 2 fully saturated rings. The van der Waals surface area contributed by atoms with Crippen LogP contribution in [0.3, 0.4) is 0 Å². The molecule has 43 heavy (non-hydrogen) atoms. The molecule has 2 aromatic carbocycles. The number of rotatable bonds is 20. The van der Waals surface area contributed by atoms with Gasteiger partial charge >= 0.3 is 0 Å². The summed E-state index contributed by atoms with van der Waals surface area (Å²) in [6, 6.07) is 17.7. The molecule has 0 radical (unpaired) electrons. The van der Waals surface area contributed by atoms with Crippen LogP contribution in [-0.2, 0) is 31.8 Å². The van der Waals surface area contributed by atoms with Crippen LogP contribution in [0, 0.1) is 5.41 Å². The third kappa shape index (κ3) is 12.0. The second kappa shape index (κ2) is 19.6. The summed E-state index contributed by atoms with van der Waals surface area (Å²) >= 11 is 0. The van der Waals surface area contributed by atoms with E-state index in [1.165, 1.54) is 114 Å². The Morgan fingerprint density at radius 1 is 0.442 bits per heavy atom. The minimum Gasteiger partial charge on any atom is -0.348 e. The van der Waals surface area contributed by atoms with Crippen molar-refractivity contribution >= 4 is 0 Å². The molecular weight excluding hydrogens is 532 g/mol. The lowest BCUT2D eigenvalue weighted by Crippen LogP contribution is -2.49. The number of aryl methyl sites for hydroxylation is 2. The molecule has 1 spiro atoms. The SMILES string of the molecule is CCCCCCCCCCc1ccc(C2OCC3(CO2)COC(c2ccc(CCCCCCCCCC)cc2)OC3)cc1. The molecule has 0 N–H and O–H groups in total. The van der Waals surface area contributed by atoms with Gasteiger partial charge in [0.05, 0.1) is 31.8 Å². The van der Waals surface area contributed by atoms with Crippen LogP contribution in [0.15, 0.2) is 48.5 Å². The number of benzene rings is 2. The summed E-state index contributed by atoms with van der Waals surface area (Å²) in [5.74, 6) is 0. The second-order valence-electron chi connectivity index (χ2n) is 13.3. The molecule has 4 rings (SSSR count). The number of hydrogen-bond donors (Lipinski definition) is 0. The minimum atomic E-state index is -0.311. The molecule has 0 saturated carbocycles. The van der Waals surface area contributed by atoms with E-state index in [1.54, 1.807) is 0 Å². The third-order valence-corrected chi connectivity index (χ3v) is 9.31. The summed E-state index contributed by atoms with van der Waals surface area (Å²) in [7, 11) is 0. The van der Waals surface area contributed by atoms with Gasteiger partial charge in [-0.2, -0.15) is 0 Å². The first-order chi connectivity index (χ1) is 21.2. The molecule has 4 heteroatoms. The molecule has 2 heterocycles. The Hall–Kier alpha value is -1.72. The molecule has 2 aliphatic rings. The topological polar surface area (TPSA) is 36.9 Å². The molecule has 0 atom stereocenters. The van der Waals surface area contributed by atoms with Gasteiger partial charge in [-0.25, -0.2) is 0 Å². The summed E-state index contributed by atoms with van der Waals surface area (Å²) < 4.78 is 24.8. The van der Waals surface area contributed by atoms with Crippen molar-refractivity contribution in [2.24, 2.45) is 5.41 Å². The maximum atomic E-state index is 6.20. The fraction of sp³-hybridized carbons (Fsp3) is 0.692. The Labute approximate surface area is 263 Å². The Kier molecular flexibility index (Phi) is 15.6. The van der Waals surface area contributed by atoms with Crippen molar-refractivity contribution in [3.8, 4) is 0 Å². The summed E-state index contributed by atoms with van der Waals surface area (Å²) in [6.07, 6.45) is 23.4. The molecular formula is C39H60O4. The Balaban J connectivity index is 1.09. The third-order valence-electron chi connectivity index (χ3n) is 9.31. The highest BCUT2D eigenvalue weighted by Gasteiger charge is 2.42. The molecule has 2 aliphatic heterocycles. The van der Waals surface area contributed by atoms with Crippen LogP contribution in [0.4, 0.5) is 0 Å². The quantitative estimate of drug-likeness (QED) is 0.143. The lowest BCUT2D eigenvalue weighted by molar-refractivity contribution is -0.307. The van der Waals surface area contributed by atoms with E-state index in [1.807, 2.05) is 0 Å². The fourth-order valence-electron chi connectivity index (χ4n) is 6.35. The van der Waals surface area contributed by atoms with E-state index < -0.39 is 0 Å². The van der Waals surface area contributed by atoms with Crippen LogP contribution >= 0.6 is 0 Å².